The van der Waals surface area contributed by atoms with Crippen LogP contribution in [-0.2, 0) is 35.2 Å². The number of carbonyl (C=O) groups excluding carboxylic acids is 5. The Morgan fingerprint density at radius 2 is 1.45 bits per heavy atom. The van der Waals surface area contributed by atoms with Gasteiger partial charge in [-0.15, -0.1) is 0 Å². The normalized spacial score (nSPS) is 14.0. The second-order valence-electron chi connectivity index (χ2n) is 9.85. The predicted octanol–water partition coefficient (Wildman–Crippen LogP) is -4.51. The average Bonchev–Trinajstić information content (AvgIpc) is 2.94. The zero-order valence-electron chi connectivity index (χ0n) is 24.4. The zero-order valence-corrected chi connectivity index (χ0v) is 24.4. The van der Waals surface area contributed by atoms with Gasteiger partial charge in [0.15, 0.2) is 5.96 Å². The first-order valence-electron chi connectivity index (χ1n) is 13.5. The molecular formula is C26H41N9O9. The van der Waals surface area contributed by atoms with Gasteiger partial charge in [-0.05, 0) is 44.4 Å². The summed E-state index contributed by atoms with van der Waals surface area (Å²) < 4.78 is 0. The van der Waals surface area contributed by atoms with Crippen LogP contribution in [0.4, 0.5) is 0 Å². The maximum atomic E-state index is 13.1. The van der Waals surface area contributed by atoms with E-state index in [0.29, 0.717) is 5.56 Å². The highest BCUT2D eigenvalue weighted by atomic mass is 16.4. The molecule has 0 spiro atoms. The van der Waals surface area contributed by atoms with Crippen LogP contribution in [0.5, 0.6) is 5.75 Å². The third-order valence-corrected chi connectivity index (χ3v) is 5.93. The first kappa shape index (κ1) is 37.1. The Bertz CT molecular complexity index is 1190. The monoisotopic (exact) mass is 623 g/mol. The summed E-state index contributed by atoms with van der Waals surface area (Å²) in [5.41, 5.74) is 16.5. The number of phenolic OH excluding ortho intramolecular Hbond substituents is 1. The molecule has 44 heavy (non-hydrogen) atoms. The van der Waals surface area contributed by atoms with Crippen LogP contribution >= 0.6 is 0 Å². The number of hydrogen-bond donors (Lipinski definition) is 11. The van der Waals surface area contributed by atoms with Gasteiger partial charge in [-0.1, -0.05) is 12.1 Å². The average molecular weight is 624 g/mol. The first-order chi connectivity index (χ1) is 20.6. The molecule has 0 aromatic heterocycles. The summed E-state index contributed by atoms with van der Waals surface area (Å²) in [6, 6.07) is 0.830. The van der Waals surface area contributed by atoms with E-state index < -0.39 is 78.9 Å². The van der Waals surface area contributed by atoms with Crippen molar-refractivity contribution in [1.82, 2.24) is 26.6 Å². The van der Waals surface area contributed by atoms with Crippen LogP contribution in [0.15, 0.2) is 29.3 Å². The molecule has 0 saturated heterocycles. The number of amides is 5. The molecule has 0 unspecified atom stereocenters. The minimum absolute atomic E-state index is 0.00957. The zero-order chi connectivity index (χ0) is 33.4. The van der Waals surface area contributed by atoms with Gasteiger partial charge >= 0.3 is 5.97 Å². The summed E-state index contributed by atoms with van der Waals surface area (Å²) in [6.07, 6.45) is -1.16. The molecule has 0 radical (unpaired) electrons. The van der Waals surface area contributed by atoms with E-state index >= 15 is 0 Å². The van der Waals surface area contributed by atoms with Gasteiger partial charge in [-0.2, -0.15) is 0 Å². The van der Waals surface area contributed by atoms with E-state index in [1.54, 1.807) is 0 Å². The Hall–Kier alpha value is -4.97. The summed E-state index contributed by atoms with van der Waals surface area (Å²) in [5.74, 6) is -5.52. The number of phenols is 1. The van der Waals surface area contributed by atoms with Gasteiger partial charge < -0.3 is 59.1 Å². The van der Waals surface area contributed by atoms with Crippen molar-refractivity contribution >= 4 is 41.5 Å². The Morgan fingerprint density at radius 3 is 2.00 bits per heavy atom. The number of aliphatic imine (C=N–C) groups is 1. The third kappa shape index (κ3) is 14.3. The largest absolute Gasteiger partial charge is 0.508 e. The molecule has 0 aliphatic carbocycles. The van der Waals surface area contributed by atoms with E-state index in [9.17, 15) is 44.1 Å². The molecule has 0 fully saturated rings. The third-order valence-electron chi connectivity index (χ3n) is 5.93. The van der Waals surface area contributed by atoms with Gasteiger partial charge in [0.05, 0.1) is 25.2 Å². The van der Waals surface area contributed by atoms with Gasteiger partial charge in [0.25, 0.3) is 0 Å². The second-order valence-corrected chi connectivity index (χ2v) is 9.85. The minimum Gasteiger partial charge on any atom is -0.508 e. The van der Waals surface area contributed by atoms with Crippen LogP contribution in [0.25, 0.3) is 0 Å². The molecule has 5 amide bonds. The van der Waals surface area contributed by atoms with E-state index in [-0.39, 0.29) is 37.5 Å². The molecule has 14 N–H and O–H groups in total. The molecule has 5 atom stereocenters. The number of carboxylic acids is 1. The second kappa shape index (κ2) is 18.5. The number of aliphatic carboxylic acids is 1. The number of nitrogens with two attached hydrogens (primary N) is 3. The van der Waals surface area contributed by atoms with Crippen LogP contribution in [0, 0.1) is 0 Å². The number of hydrogen-bond acceptors (Lipinski definition) is 10. The highest BCUT2D eigenvalue weighted by Crippen LogP contribution is 2.12. The van der Waals surface area contributed by atoms with E-state index in [2.05, 4.69) is 31.6 Å². The van der Waals surface area contributed by atoms with Gasteiger partial charge in [0.2, 0.25) is 29.5 Å². The predicted molar refractivity (Wildman–Crippen MR) is 156 cm³/mol. The molecule has 0 heterocycles. The van der Waals surface area contributed by atoms with Crippen LogP contribution < -0.4 is 43.8 Å². The highest BCUT2D eigenvalue weighted by molar-refractivity contribution is 5.94. The molecule has 0 saturated carbocycles. The van der Waals surface area contributed by atoms with Gasteiger partial charge in [0.1, 0.15) is 23.9 Å². The van der Waals surface area contributed by atoms with Crippen molar-refractivity contribution < 1.29 is 44.1 Å². The van der Waals surface area contributed by atoms with E-state index in [1.165, 1.54) is 38.1 Å². The number of benzene rings is 1. The Morgan fingerprint density at radius 1 is 0.841 bits per heavy atom. The Labute approximate surface area is 253 Å². The molecular weight excluding hydrogens is 582 g/mol. The Kier molecular flexibility index (Phi) is 15.6. The van der Waals surface area contributed by atoms with Crippen LogP contribution in [0.1, 0.15) is 32.3 Å². The van der Waals surface area contributed by atoms with Crippen molar-refractivity contribution in [2.45, 2.75) is 63.4 Å². The fraction of sp³-hybridized carbons (Fsp3) is 0.500. The number of rotatable bonds is 18. The van der Waals surface area contributed by atoms with E-state index in [4.69, 9.17) is 17.2 Å². The van der Waals surface area contributed by atoms with Gasteiger partial charge in [-0.25, -0.2) is 4.79 Å². The van der Waals surface area contributed by atoms with E-state index in [0.717, 1.165) is 0 Å². The summed E-state index contributed by atoms with van der Waals surface area (Å²) in [7, 11) is 0. The number of carboxylic acid groups (broad SMARTS) is 1. The molecule has 0 bridgehead atoms. The number of nitrogens with zero attached hydrogens (tertiary/aromatic N) is 1. The van der Waals surface area contributed by atoms with Crippen LogP contribution in [0.2, 0.25) is 0 Å². The molecule has 18 heteroatoms. The molecule has 244 valence electrons. The number of guanidine groups is 1. The minimum atomic E-state index is -1.38. The lowest BCUT2D eigenvalue weighted by Gasteiger charge is -2.22. The summed E-state index contributed by atoms with van der Waals surface area (Å²) in [5, 5.41) is 40.4. The van der Waals surface area contributed by atoms with Gasteiger partial charge in [0, 0.05) is 13.0 Å². The fourth-order valence-electron chi connectivity index (χ4n) is 3.56. The summed E-state index contributed by atoms with van der Waals surface area (Å²) >= 11 is 0. The van der Waals surface area contributed by atoms with Crippen LogP contribution in [-0.4, -0.2) is 107 Å². The summed E-state index contributed by atoms with van der Waals surface area (Å²) in [4.78, 5) is 77.5. The Balaban J connectivity index is 2.82. The maximum Gasteiger partial charge on any atom is 0.326 e. The van der Waals surface area contributed by atoms with Crippen LogP contribution in [0.3, 0.4) is 0 Å². The lowest BCUT2D eigenvalue weighted by atomic mass is 10.0. The fourth-order valence-corrected chi connectivity index (χ4v) is 3.56. The van der Waals surface area contributed by atoms with Crippen molar-refractivity contribution in [1.29, 1.82) is 0 Å². The van der Waals surface area contributed by atoms with Crippen molar-refractivity contribution in [3.05, 3.63) is 29.8 Å². The quantitative estimate of drug-likeness (QED) is 0.0419. The lowest BCUT2D eigenvalue weighted by molar-refractivity contribution is -0.142. The van der Waals surface area contributed by atoms with Crippen molar-refractivity contribution in [2.75, 3.05) is 19.6 Å². The number of aliphatic hydroxyl groups is 1. The molecule has 0 aliphatic rings. The van der Waals surface area contributed by atoms with Crippen molar-refractivity contribution in [2.24, 2.45) is 22.2 Å². The smallest absolute Gasteiger partial charge is 0.326 e. The number of carbonyl (C=O) groups is 6. The first-order valence-corrected chi connectivity index (χ1v) is 13.5. The number of nitrogens with one attached hydrogen (secondary N) is 5. The number of aliphatic hydroxyl groups excluding tert-OH is 1. The molecule has 1 aromatic rings. The number of aromatic hydroxyl groups is 1. The summed E-state index contributed by atoms with van der Waals surface area (Å²) in [6.45, 7) is 1.55. The molecule has 1 rings (SSSR count). The standard InChI is InChI=1S/C26H41N9O9/c1-13(27)22(40)35-21(14(2)36)24(42)32-11-19(38)31-12-20(39)33-18(10-15-5-7-16(37)8-6-15)23(41)34-17(25(43)44)4-3-9-30-26(28)29/h5-8,13-14,17-18,21,36-37H,3-4,9-12,27H2,1-2H3,(H,31,38)(H,32,42)(H,33,39)(H,34,41)(H,35,40)(H,43,44)(H4,28,29,30)/t13-,14+,17+,18+,21-/m0/s1. The molecule has 18 nitrogen and oxygen atoms in total. The maximum absolute atomic E-state index is 13.1. The lowest BCUT2D eigenvalue weighted by Crippen LogP contribution is -2.56. The molecule has 0 aliphatic heterocycles. The van der Waals surface area contributed by atoms with Gasteiger partial charge in [-0.3, -0.25) is 29.0 Å². The van der Waals surface area contributed by atoms with Crippen molar-refractivity contribution in [3.63, 3.8) is 0 Å². The molecule has 1 aromatic carbocycles. The highest BCUT2D eigenvalue weighted by Gasteiger charge is 2.28. The SMILES string of the molecule is C[C@H](N)C(=O)N[C@H](C(=O)NCC(=O)NCC(=O)N[C@H](Cc1ccc(O)cc1)C(=O)N[C@H](CCCN=C(N)N)C(=O)O)[C@@H](C)O. The van der Waals surface area contributed by atoms with E-state index in [1.807, 2.05) is 0 Å². The topological polar surface area (TPSA) is 314 Å². The van der Waals surface area contributed by atoms with Crippen molar-refractivity contribution in [3.8, 4) is 5.75 Å².